The Kier molecular flexibility index (Phi) is 8.15. The van der Waals surface area contributed by atoms with Gasteiger partial charge in [-0.25, -0.2) is 0 Å². The first-order valence-corrected chi connectivity index (χ1v) is 9.15. The highest BCUT2D eigenvalue weighted by molar-refractivity contribution is 5.79. The second-order valence-electron chi connectivity index (χ2n) is 6.64. The standard InChI is InChI=1S/C19H31N3O4/c1-3-20-18(22-13-19(7-9-23)8-10-26-14-19)21-12-17(24)15-5-4-6-16(11-15)25-2/h4-6,11,17,23-24H,3,7-10,12-14H2,1-2H3,(H2,20,21,22). The first-order valence-electron chi connectivity index (χ1n) is 9.15. The molecule has 7 heteroatoms. The van der Waals surface area contributed by atoms with E-state index in [9.17, 15) is 10.2 Å². The number of hydrogen-bond acceptors (Lipinski definition) is 5. The van der Waals surface area contributed by atoms with Gasteiger partial charge in [-0.3, -0.25) is 4.99 Å². The summed E-state index contributed by atoms with van der Waals surface area (Å²) in [6, 6.07) is 7.39. The quantitative estimate of drug-likeness (QED) is 0.386. The third kappa shape index (κ3) is 5.86. The number of aliphatic hydroxyl groups excluding tert-OH is 2. The second-order valence-corrected chi connectivity index (χ2v) is 6.64. The van der Waals surface area contributed by atoms with Gasteiger partial charge in [0.15, 0.2) is 5.96 Å². The molecule has 4 N–H and O–H groups in total. The van der Waals surface area contributed by atoms with Crippen LogP contribution in [0.2, 0.25) is 0 Å². The van der Waals surface area contributed by atoms with E-state index < -0.39 is 6.10 Å². The molecular formula is C19H31N3O4. The van der Waals surface area contributed by atoms with Gasteiger partial charge >= 0.3 is 0 Å². The highest BCUT2D eigenvalue weighted by Crippen LogP contribution is 2.32. The Labute approximate surface area is 155 Å². The highest BCUT2D eigenvalue weighted by atomic mass is 16.5. The zero-order valence-corrected chi connectivity index (χ0v) is 15.7. The minimum Gasteiger partial charge on any atom is -0.497 e. The Bertz CT molecular complexity index is 574. The van der Waals surface area contributed by atoms with Crippen LogP contribution in [0.15, 0.2) is 29.3 Å². The Hall–Kier alpha value is -1.83. The number of nitrogens with zero attached hydrogens (tertiary/aromatic N) is 1. The van der Waals surface area contributed by atoms with Crippen LogP contribution in [0.5, 0.6) is 5.75 Å². The van der Waals surface area contributed by atoms with Crippen molar-refractivity contribution in [2.45, 2.75) is 25.9 Å². The third-order valence-electron chi connectivity index (χ3n) is 4.69. The number of guanidine groups is 1. The van der Waals surface area contributed by atoms with Crippen LogP contribution in [0.4, 0.5) is 0 Å². The van der Waals surface area contributed by atoms with Crippen molar-refractivity contribution in [3.8, 4) is 5.75 Å². The van der Waals surface area contributed by atoms with E-state index >= 15 is 0 Å². The van der Waals surface area contributed by atoms with E-state index in [0.717, 1.165) is 18.5 Å². The molecule has 0 amide bonds. The average Bonchev–Trinajstić information content (AvgIpc) is 3.13. The molecule has 0 spiro atoms. The summed E-state index contributed by atoms with van der Waals surface area (Å²) in [5.74, 6) is 1.37. The molecule has 0 saturated carbocycles. The van der Waals surface area contributed by atoms with Crippen LogP contribution in [0.3, 0.4) is 0 Å². The van der Waals surface area contributed by atoms with E-state index in [1.165, 1.54) is 0 Å². The largest absolute Gasteiger partial charge is 0.497 e. The summed E-state index contributed by atoms with van der Waals surface area (Å²) < 4.78 is 10.7. The molecule has 2 unspecified atom stereocenters. The van der Waals surface area contributed by atoms with Crippen LogP contribution >= 0.6 is 0 Å². The molecule has 1 aromatic carbocycles. The van der Waals surface area contributed by atoms with Crippen molar-refractivity contribution in [1.29, 1.82) is 0 Å². The molecular weight excluding hydrogens is 334 g/mol. The van der Waals surface area contributed by atoms with Crippen LogP contribution in [-0.2, 0) is 4.74 Å². The van der Waals surface area contributed by atoms with Crippen LogP contribution in [-0.4, -0.2) is 62.7 Å². The molecule has 1 aliphatic rings. The molecule has 26 heavy (non-hydrogen) atoms. The minimum absolute atomic E-state index is 0.0947. The zero-order valence-electron chi connectivity index (χ0n) is 15.7. The highest BCUT2D eigenvalue weighted by Gasteiger charge is 2.34. The van der Waals surface area contributed by atoms with Gasteiger partial charge in [0.2, 0.25) is 0 Å². The fourth-order valence-electron chi connectivity index (χ4n) is 3.04. The normalized spacial score (nSPS) is 21.5. The number of methoxy groups -OCH3 is 1. The fourth-order valence-corrected chi connectivity index (χ4v) is 3.04. The van der Waals surface area contributed by atoms with Gasteiger partial charge in [0.1, 0.15) is 5.75 Å². The molecule has 1 aliphatic heterocycles. The van der Waals surface area contributed by atoms with Gasteiger partial charge in [0.05, 0.1) is 26.4 Å². The van der Waals surface area contributed by atoms with Gasteiger partial charge < -0.3 is 30.3 Å². The third-order valence-corrected chi connectivity index (χ3v) is 4.69. The summed E-state index contributed by atoms with van der Waals surface area (Å²) >= 11 is 0. The van der Waals surface area contributed by atoms with Gasteiger partial charge in [-0.2, -0.15) is 0 Å². The summed E-state index contributed by atoms with van der Waals surface area (Å²) in [6.07, 6.45) is 0.917. The Morgan fingerprint density at radius 1 is 1.42 bits per heavy atom. The average molecular weight is 365 g/mol. The number of nitrogens with one attached hydrogen (secondary N) is 2. The lowest BCUT2D eigenvalue weighted by atomic mass is 9.84. The molecule has 7 nitrogen and oxygen atoms in total. The first kappa shape index (κ1) is 20.5. The lowest BCUT2D eigenvalue weighted by Gasteiger charge is -2.25. The molecule has 1 fully saturated rings. The maximum atomic E-state index is 10.4. The molecule has 1 aromatic rings. The van der Waals surface area contributed by atoms with E-state index in [2.05, 4.69) is 15.6 Å². The van der Waals surface area contributed by atoms with Crippen molar-refractivity contribution < 1.29 is 19.7 Å². The van der Waals surface area contributed by atoms with Crippen LogP contribution in [0, 0.1) is 5.41 Å². The summed E-state index contributed by atoms with van der Waals surface area (Å²) in [6.45, 7) is 5.12. The van der Waals surface area contributed by atoms with Crippen molar-refractivity contribution in [1.82, 2.24) is 10.6 Å². The second kappa shape index (κ2) is 10.4. The molecule has 0 radical (unpaired) electrons. The molecule has 0 aliphatic carbocycles. The molecule has 0 bridgehead atoms. The topological polar surface area (TPSA) is 95.3 Å². The summed E-state index contributed by atoms with van der Waals surface area (Å²) in [4.78, 5) is 4.65. The van der Waals surface area contributed by atoms with Gasteiger partial charge in [0.25, 0.3) is 0 Å². The number of hydrogen-bond donors (Lipinski definition) is 4. The minimum atomic E-state index is -0.671. The fraction of sp³-hybridized carbons (Fsp3) is 0.632. The van der Waals surface area contributed by atoms with Gasteiger partial charge in [0, 0.05) is 31.7 Å². The van der Waals surface area contributed by atoms with E-state index in [-0.39, 0.29) is 12.0 Å². The van der Waals surface area contributed by atoms with Crippen molar-refractivity contribution in [3.63, 3.8) is 0 Å². The zero-order chi connectivity index (χ0) is 18.8. The number of aliphatic imine (C=N–C) groups is 1. The molecule has 0 aromatic heterocycles. The first-order chi connectivity index (χ1) is 12.6. The summed E-state index contributed by atoms with van der Waals surface area (Å²) in [5, 5.41) is 26.1. The number of aliphatic hydroxyl groups is 2. The maximum Gasteiger partial charge on any atom is 0.191 e. The molecule has 2 atom stereocenters. The lowest BCUT2D eigenvalue weighted by Crippen LogP contribution is -2.40. The van der Waals surface area contributed by atoms with Gasteiger partial charge in [-0.15, -0.1) is 0 Å². The molecule has 1 heterocycles. The van der Waals surface area contributed by atoms with Gasteiger partial charge in [-0.1, -0.05) is 12.1 Å². The Morgan fingerprint density at radius 2 is 2.27 bits per heavy atom. The van der Waals surface area contributed by atoms with E-state index in [1.54, 1.807) is 7.11 Å². The molecule has 146 valence electrons. The molecule has 2 rings (SSSR count). The van der Waals surface area contributed by atoms with Crippen LogP contribution in [0.1, 0.15) is 31.4 Å². The number of benzene rings is 1. The summed E-state index contributed by atoms with van der Waals surface area (Å²) in [7, 11) is 1.61. The summed E-state index contributed by atoms with van der Waals surface area (Å²) in [5.41, 5.74) is 0.691. The van der Waals surface area contributed by atoms with Crippen molar-refractivity contribution in [2.24, 2.45) is 10.4 Å². The maximum absolute atomic E-state index is 10.4. The predicted octanol–water partition coefficient (Wildman–Crippen LogP) is 1.07. The SMILES string of the molecule is CCNC(=NCC1(CCO)CCOC1)NCC(O)c1cccc(OC)c1. The van der Waals surface area contributed by atoms with Crippen molar-refractivity contribution in [3.05, 3.63) is 29.8 Å². The van der Waals surface area contributed by atoms with Crippen molar-refractivity contribution in [2.75, 3.05) is 46.6 Å². The number of rotatable bonds is 9. The van der Waals surface area contributed by atoms with Crippen LogP contribution in [0.25, 0.3) is 0 Å². The smallest absolute Gasteiger partial charge is 0.191 e. The van der Waals surface area contributed by atoms with E-state index in [1.807, 2.05) is 31.2 Å². The number of ether oxygens (including phenoxy) is 2. The van der Waals surface area contributed by atoms with E-state index in [4.69, 9.17) is 9.47 Å². The predicted molar refractivity (Wildman–Crippen MR) is 102 cm³/mol. The monoisotopic (exact) mass is 365 g/mol. The Balaban J connectivity index is 1.96. The van der Waals surface area contributed by atoms with Crippen LogP contribution < -0.4 is 15.4 Å². The lowest BCUT2D eigenvalue weighted by molar-refractivity contribution is 0.131. The van der Waals surface area contributed by atoms with Crippen molar-refractivity contribution >= 4 is 5.96 Å². The van der Waals surface area contributed by atoms with Gasteiger partial charge in [-0.05, 0) is 37.5 Å². The van der Waals surface area contributed by atoms with E-state index in [0.29, 0.717) is 44.4 Å². The Morgan fingerprint density at radius 3 is 2.92 bits per heavy atom. The molecule has 1 saturated heterocycles.